The number of nitrogens with one attached hydrogen (secondary N) is 1. The first-order valence-corrected chi connectivity index (χ1v) is 9.61. The van der Waals surface area contributed by atoms with Gasteiger partial charge in [-0.25, -0.2) is 0 Å². The maximum atomic E-state index is 12.6. The SMILES string of the molecule is CCOc1ccc(-n2nc3ccc(NC(=O)c4ccc(C)c([N+](=O)[O-])c4)cc3n2)cc1. The third kappa shape index (κ3) is 4.20. The summed E-state index contributed by atoms with van der Waals surface area (Å²) in [5, 5.41) is 22.8. The van der Waals surface area contributed by atoms with Crippen molar-refractivity contribution in [3.05, 3.63) is 81.9 Å². The summed E-state index contributed by atoms with van der Waals surface area (Å²) in [4.78, 5) is 24.7. The Labute approximate surface area is 177 Å². The molecule has 0 saturated heterocycles. The van der Waals surface area contributed by atoms with Crippen molar-refractivity contribution in [2.24, 2.45) is 0 Å². The number of aromatic nitrogens is 3. The van der Waals surface area contributed by atoms with Gasteiger partial charge in [0.2, 0.25) is 0 Å². The van der Waals surface area contributed by atoms with Crippen molar-refractivity contribution in [1.29, 1.82) is 0 Å². The minimum atomic E-state index is -0.503. The fraction of sp³-hybridized carbons (Fsp3) is 0.136. The lowest BCUT2D eigenvalue weighted by molar-refractivity contribution is -0.385. The van der Waals surface area contributed by atoms with E-state index in [1.165, 1.54) is 10.9 Å². The minimum Gasteiger partial charge on any atom is -0.494 e. The van der Waals surface area contributed by atoms with Crippen LogP contribution in [0.2, 0.25) is 0 Å². The van der Waals surface area contributed by atoms with Gasteiger partial charge in [0.05, 0.1) is 17.2 Å². The third-order valence-corrected chi connectivity index (χ3v) is 4.68. The van der Waals surface area contributed by atoms with E-state index in [4.69, 9.17) is 4.74 Å². The molecule has 0 aliphatic heterocycles. The van der Waals surface area contributed by atoms with E-state index in [0.29, 0.717) is 28.9 Å². The molecule has 4 aromatic rings. The lowest BCUT2D eigenvalue weighted by Crippen LogP contribution is -2.12. The van der Waals surface area contributed by atoms with Crippen LogP contribution in [0.3, 0.4) is 0 Å². The van der Waals surface area contributed by atoms with Crippen LogP contribution in [0.1, 0.15) is 22.8 Å². The average Bonchev–Trinajstić information content (AvgIpc) is 3.18. The lowest BCUT2D eigenvalue weighted by Gasteiger charge is -2.06. The van der Waals surface area contributed by atoms with Gasteiger partial charge in [-0.05, 0) is 62.4 Å². The Morgan fingerprint density at radius 1 is 1.06 bits per heavy atom. The van der Waals surface area contributed by atoms with Crippen LogP contribution in [0.15, 0.2) is 60.7 Å². The van der Waals surface area contributed by atoms with Gasteiger partial charge >= 0.3 is 0 Å². The predicted molar refractivity (Wildman–Crippen MR) is 116 cm³/mol. The molecule has 1 aromatic heterocycles. The molecule has 1 amide bonds. The summed E-state index contributed by atoms with van der Waals surface area (Å²) in [6, 6.07) is 16.9. The van der Waals surface area contributed by atoms with Crippen LogP contribution in [-0.2, 0) is 0 Å². The highest BCUT2D eigenvalue weighted by Crippen LogP contribution is 2.22. The summed E-state index contributed by atoms with van der Waals surface area (Å²) < 4.78 is 5.44. The first kappa shape index (κ1) is 20.0. The van der Waals surface area contributed by atoms with Crippen molar-refractivity contribution in [2.75, 3.05) is 11.9 Å². The maximum absolute atomic E-state index is 12.6. The summed E-state index contributed by atoms with van der Waals surface area (Å²) >= 11 is 0. The molecule has 9 heteroatoms. The van der Waals surface area contributed by atoms with Gasteiger partial charge in [-0.15, -0.1) is 10.2 Å². The second-order valence-corrected chi connectivity index (χ2v) is 6.83. The number of nitro benzene ring substituents is 1. The van der Waals surface area contributed by atoms with Gasteiger partial charge in [0.25, 0.3) is 11.6 Å². The number of hydrogen-bond acceptors (Lipinski definition) is 6. The lowest BCUT2D eigenvalue weighted by atomic mass is 10.1. The molecule has 0 atom stereocenters. The van der Waals surface area contributed by atoms with Gasteiger partial charge in [-0.2, -0.15) is 4.80 Å². The summed E-state index contributed by atoms with van der Waals surface area (Å²) in [7, 11) is 0. The standard InChI is InChI=1S/C22H19N5O4/c1-3-31-18-9-7-17(8-10-18)26-24-19-11-6-16(13-20(19)25-26)23-22(28)15-5-4-14(2)21(12-15)27(29)30/h4-13H,3H2,1-2H3,(H,23,28). The predicted octanol–water partition coefficient (Wildman–Crippen LogP) is 4.29. The van der Waals surface area contributed by atoms with E-state index in [2.05, 4.69) is 15.5 Å². The van der Waals surface area contributed by atoms with Crippen molar-refractivity contribution in [2.45, 2.75) is 13.8 Å². The zero-order chi connectivity index (χ0) is 22.0. The Hall–Kier alpha value is -4.27. The number of benzene rings is 3. The Morgan fingerprint density at radius 3 is 2.52 bits per heavy atom. The van der Waals surface area contributed by atoms with Crippen molar-refractivity contribution < 1.29 is 14.5 Å². The summed E-state index contributed by atoms with van der Waals surface area (Å²) in [5.41, 5.74) is 3.15. The van der Waals surface area contributed by atoms with E-state index < -0.39 is 10.8 Å². The quantitative estimate of drug-likeness (QED) is 0.370. The van der Waals surface area contributed by atoms with Crippen LogP contribution in [0.5, 0.6) is 5.75 Å². The summed E-state index contributed by atoms with van der Waals surface area (Å²) in [6.45, 7) is 4.14. The molecule has 9 nitrogen and oxygen atoms in total. The monoisotopic (exact) mass is 417 g/mol. The molecule has 0 fully saturated rings. The van der Waals surface area contributed by atoms with Crippen molar-refractivity contribution in [3.63, 3.8) is 0 Å². The van der Waals surface area contributed by atoms with Gasteiger partial charge in [-0.1, -0.05) is 6.07 Å². The second kappa shape index (κ2) is 8.23. The average molecular weight is 417 g/mol. The van der Waals surface area contributed by atoms with Crippen LogP contribution in [0.25, 0.3) is 16.7 Å². The van der Waals surface area contributed by atoms with Crippen LogP contribution >= 0.6 is 0 Å². The van der Waals surface area contributed by atoms with E-state index in [1.54, 1.807) is 37.3 Å². The number of anilines is 1. The van der Waals surface area contributed by atoms with Crippen LogP contribution < -0.4 is 10.1 Å². The van der Waals surface area contributed by atoms with Gasteiger partial charge in [0.1, 0.15) is 16.8 Å². The Balaban J connectivity index is 1.56. The van der Waals surface area contributed by atoms with Crippen LogP contribution in [0, 0.1) is 17.0 Å². The van der Waals surface area contributed by atoms with E-state index in [9.17, 15) is 14.9 Å². The van der Waals surface area contributed by atoms with E-state index in [-0.39, 0.29) is 11.3 Å². The number of hydrogen-bond donors (Lipinski definition) is 1. The zero-order valence-electron chi connectivity index (χ0n) is 16.9. The molecule has 1 heterocycles. The number of rotatable bonds is 6. The van der Waals surface area contributed by atoms with Gasteiger partial charge in [0, 0.05) is 22.9 Å². The third-order valence-electron chi connectivity index (χ3n) is 4.68. The first-order valence-electron chi connectivity index (χ1n) is 9.61. The number of nitrogens with zero attached hydrogens (tertiary/aromatic N) is 4. The second-order valence-electron chi connectivity index (χ2n) is 6.83. The molecule has 0 aliphatic carbocycles. The maximum Gasteiger partial charge on any atom is 0.273 e. The molecule has 3 aromatic carbocycles. The Bertz CT molecular complexity index is 1280. The molecular weight excluding hydrogens is 398 g/mol. The van der Waals surface area contributed by atoms with Crippen LogP contribution in [-0.4, -0.2) is 32.4 Å². The smallest absolute Gasteiger partial charge is 0.273 e. The Kier molecular flexibility index (Phi) is 5.31. The highest BCUT2D eigenvalue weighted by molar-refractivity contribution is 6.05. The van der Waals surface area contributed by atoms with Gasteiger partial charge in [0.15, 0.2) is 0 Å². The number of fused-ring (bicyclic) bond motifs is 1. The van der Waals surface area contributed by atoms with Crippen LogP contribution in [0.4, 0.5) is 11.4 Å². The van der Waals surface area contributed by atoms with Gasteiger partial charge in [-0.3, -0.25) is 14.9 Å². The molecule has 0 saturated carbocycles. The molecule has 0 aliphatic rings. The number of carbonyl (C=O) groups is 1. The van der Waals surface area contributed by atoms with Crippen molar-refractivity contribution >= 4 is 28.3 Å². The highest BCUT2D eigenvalue weighted by Gasteiger charge is 2.15. The molecule has 0 spiro atoms. The highest BCUT2D eigenvalue weighted by atomic mass is 16.6. The molecular formula is C22H19N5O4. The molecule has 31 heavy (non-hydrogen) atoms. The number of nitro groups is 1. The summed E-state index contributed by atoms with van der Waals surface area (Å²) in [5.74, 6) is 0.325. The normalized spacial score (nSPS) is 10.8. The fourth-order valence-corrected chi connectivity index (χ4v) is 3.10. The minimum absolute atomic E-state index is 0.0959. The molecule has 0 bridgehead atoms. The van der Waals surface area contributed by atoms with Crippen molar-refractivity contribution in [1.82, 2.24) is 15.0 Å². The number of amides is 1. The molecule has 1 N–H and O–H groups in total. The fourth-order valence-electron chi connectivity index (χ4n) is 3.10. The Morgan fingerprint density at radius 2 is 1.81 bits per heavy atom. The van der Waals surface area contributed by atoms with E-state index in [0.717, 1.165) is 11.4 Å². The zero-order valence-corrected chi connectivity index (χ0v) is 16.9. The van der Waals surface area contributed by atoms with Gasteiger partial charge < -0.3 is 10.1 Å². The molecule has 4 rings (SSSR count). The first-order chi connectivity index (χ1) is 14.9. The van der Waals surface area contributed by atoms with E-state index >= 15 is 0 Å². The molecule has 0 radical (unpaired) electrons. The topological polar surface area (TPSA) is 112 Å². The summed E-state index contributed by atoms with van der Waals surface area (Å²) in [6.07, 6.45) is 0. The van der Waals surface area contributed by atoms with Crippen molar-refractivity contribution in [3.8, 4) is 11.4 Å². The molecule has 156 valence electrons. The number of carbonyl (C=O) groups excluding carboxylic acids is 1. The largest absolute Gasteiger partial charge is 0.494 e. The number of ether oxygens (including phenoxy) is 1. The molecule has 0 unspecified atom stereocenters. The van der Waals surface area contributed by atoms with E-state index in [1.807, 2.05) is 31.2 Å². The number of aryl methyl sites for hydroxylation is 1.